The van der Waals surface area contributed by atoms with Crippen molar-refractivity contribution >= 4 is 58.6 Å². The first kappa shape index (κ1) is 38.3. The van der Waals surface area contributed by atoms with Crippen LogP contribution < -0.4 is 36.8 Å². The number of hydrogen-bond acceptors (Lipinski definition) is 1. The SMILES string of the molecule is [Cu+].c1ccc(-c2cc3ccccc3[n-]2)nc1.c1ccc([PH+](c2ccccc2)c2ccccc2)cc1.c1ccc([PH+](c2ccccc2)c2ccccc2)cc1. The Balaban J connectivity index is 0.000000138. The van der Waals surface area contributed by atoms with Crippen LogP contribution in [0.2, 0.25) is 0 Å². The third-order valence-corrected chi connectivity index (χ3v) is 14.2. The fourth-order valence-electron chi connectivity index (χ4n) is 6.30. The van der Waals surface area contributed by atoms with Gasteiger partial charge in [0, 0.05) is 11.9 Å². The van der Waals surface area contributed by atoms with E-state index in [1.807, 2.05) is 36.4 Å². The zero-order valence-electron chi connectivity index (χ0n) is 29.7. The van der Waals surface area contributed by atoms with Crippen LogP contribution in [0.3, 0.4) is 0 Å². The van der Waals surface area contributed by atoms with Gasteiger partial charge >= 0.3 is 17.1 Å². The van der Waals surface area contributed by atoms with Crippen LogP contribution >= 0.6 is 15.8 Å². The summed E-state index contributed by atoms with van der Waals surface area (Å²) in [6.45, 7) is 0. The molecule has 7 aromatic carbocycles. The molecule has 2 nitrogen and oxygen atoms in total. The van der Waals surface area contributed by atoms with E-state index in [1.165, 1.54) is 31.8 Å². The molecule has 0 aliphatic heterocycles. The quantitative estimate of drug-likeness (QED) is 0.119. The van der Waals surface area contributed by atoms with Gasteiger partial charge < -0.3 is 4.98 Å². The summed E-state index contributed by atoms with van der Waals surface area (Å²) in [6, 6.07) is 81.0. The van der Waals surface area contributed by atoms with Crippen LogP contribution in [0.5, 0.6) is 0 Å². The summed E-state index contributed by atoms with van der Waals surface area (Å²) in [5.41, 5.74) is 2.89. The van der Waals surface area contributed by atoms with Gasteiger partial charge in [-0.1, -0.05) is 146 Å². The maximum Gasteiger partial charge on any atom is 1.00 e. The molecule has 0 saturated carbocycles. The van der Waals surface area contributed by atoms with Crippen molar-refractivity contribution in [3.8, 4) is 11.4 Å². The van der Waals surface area contributed by atoms with E-state index in [0.717, 1.165) is 22.3 Å². The number of nitrogens with zero attached hydrogens (tertiary/aromatic N) is 2. The Morgan fingerprint density at radius 3 is 0.963 bits per heavy atom. The van der Waals surface area contributed by atoms with Crippen LogP contribution in [0.15, 0.2) is 237 Å². The number of pyridine rings is 1. The molecular weight excluding hydrogens is 742 g/mol. The Labute approximate surface area is 332 Å². The Hall–Kier alpha value is -5.39. The van der Waals surface area contributed by atoms with Gasteiger partial charge in [0.25, 0.3) is 0 Å². The number of hydrogen-bond donors (Lipinski definition) is 0. The van der Waals surface area contributed by atoms with E-state index in [-0.39, 0.29) is 17.1 Å². The molecule has 0 aliphatic carbocycles. The van der Waals surface area contributed by atoms with Crippen molar-refractivity contribution in [3.05, 3.63) is 237 Å². The molecule has 0 aliphatic rings. The van der Waals surface area contributed by atoms with E-state index < -0.39 is 15.8 Å². The maximum atomic E-state index is 4.52. The zero-order valence-corrected chi connectivity index (χ0v) is 32.7. The Morgan fingerprint density at radius 2 is 0.648 bits per heavy atom. The van der Waals surface area contributed by atoms with Crippen molar-refractivity contribution in [2.24, 2.45) is 0 Å². The van der Waals surface area contributed by atoms with Crippen molar-refractivity contribution in [2.45, 2.75) is 0 Å². The van der Waals surface area contributed by atoms with Crippen LogP contribution in [-0.2, 0) is 17.1 Å². The van der Waals surface area contributed by atoms with Gasteiger partial charge in [-0.15, -0.1) is 11.2 Å². The van der Waals surface area contributed by atoms with Gasteiger partial charge in [-0.25, -0.2) is 0 Å². The smallest absolute Gasteiger partial charge is 0.656 e. The molecule has 0 saturated heterocycles. The van der Waals surface area contributed by atoms with Crippen molar-refractivity contribution in [1.82, 2.24) is 9.97 Å². The summed E-state index contributed by atoms with van der Waals surface area (Å²) >= 11 is 0. The van der Waals surface area contributed by atoms with Crippen molar-refractivity contribution < 1.29 is 17.1 Å². The number of para-hydroxylation sites is 1. The third kappa shape index (κ3) is 10.2. The first-order valence-electron chi connectivity index (χ1n) is 17.8. The van der Waals surface area contributed by atoms with E-state index >= 15 is 0 Å². The van der Waals surface area contributed by atoms with Crippen LogP contribution in [0.4, 0.5) is 0 Å². The molecule has 0 atom stereocenters. The van der Waals surface area contributed by atoms with Gasteiger partial charge in [-0.2, -0.15) is 0 Å². The normalized spacial score (nSPS) is 10.4. The second-order valence-corrected chi connectivity index (χ2v) is 17.3. The molecule has 0 spiro atoms. The Morgan fingerprint density at radius 1 is 0.333 bits per heavy atom. The number of aromatic nitrogens is 2. The van der Waals surface area contributed by atoms with Crippen molar-refractivity contribution in [3.63, 3.8) is 0 Å². The molecule has 266 valence electrons. The van der Waals surface area contributed by atoms with E-state index in [0.29, 0.717) is 0 Å². The maximum absolute atomic E-state index is 4.52. The summed E-state index contributed by atoms with van der Waals surface area (Å²) < 4.78 is 0. The predicted octanol–water partition coefficient (Wildman–Crippen LogP) is 9.21. The van der Waals surface area contributed by atoms with Gasteiger partial charge in [-0.3, -0.25) is 4.98 Å². The fraction of sp³-hybridized carbons (Fsp3) is 0. The van der Waals surface area contributed by atoms with E-state index in [1.54, 1.807) is 6.20 Å². The molecule has 2 aromatic heterocycles. The monoisotopic (exact) mass is 782 g/mol. The fourth-order valence-corrected chi connectivity index (χ4v) is 11.4. The molecule has 2 heterocycles. The van der Waals surface area contributed by atoms with Gasteiger partial charge in [0.2, 0.25) is 0 Å². The van der Waals surface area contributed by atoms with Gasteiger partial charge in [-0.05, 0) is 90.3 Å². The first-order chi connectivity index (χ1) is 26.3. The summed E-state index contributed by atoms with van der Waals surface area (Å²) in [5, 5.41) is 9.78. The molecule has 0 fully saturated rings. The average molecular weight is 783 g/mol. The molecule has 54 heavy (non-hydrogen) atoms. The molecule has 0 unspecified atom stereocenters. The molecule has 0 amide bonds. The summed E-state index contributed by atoms with van der Waals surface area (Å²) in [5.74, 6) is 0. The molecule has 9 aromatic rings. The van der Waals surface area contributed by atoms with E-state index in [4.69, 9.17) is 0 Å². The number of rotatable bonds is 7. The minimum atomic E-state index is -0.877. The second kappa shape index (κ2) is 20.2. The Bertz CT molecular complexity index is 2040. The minimum Gasteiger partial charge on any atom is -0.656 e. The molecule has 0 radical (unpaired) electrons. The number of benzene rings is 7. The molecule has 0 N–H and O–H groups in total. The molecule has 0 bridgehead atoms. The first-order valence-corrected chi connectivity index (χ1v) is 20.8. The predicted molar refractivity (Wildman–Crippen MR) is 234 cm³/mol. The van der Waals surface area contributed by atoms with E-state index in [2.05, 4.69) is 204 Å². The molecular formula is C49H41CuN2P2+2. The van der Waals surface area contributed by atoms with Crippen molar-refractivity contribution in [2.75, 3.05) is 0 Å². The average Bonchev–Trinajstić information content (AvgIpc) is 3.69. The largest absolute Gasteiger partial charge is 1.00 e. The molecule has 9 rings (SSSR count). The van der Waals surface area contributed by atoms with Gasteiger partial charge in [0.05, 0.1) is 15.8 Å². The zero-order chi connectivity index (χ0) is 35.9. The topological polar surface area (TPSA) is 27.0 Å². The van der Waals surface area contributed by atoms with Crippen LogP contribution in [0.1, 0.15) is 0 Å². The minimum absolute atomic E-state index is 0. The van der Waals surface area contributed by atoms with Crippen LogP contribution in [0, 0.1) is 0 Å². The second-order valence-electron chi connectivity index (χ2n) is 12.4. The third-order valence-electron chi connectivity index (χ3n) is 8.77. The van der Waals surface area contributed by atoms with Gasteiger partial charge in [0.15, 0.2) is 0 Å². The summed E-state index contributed by atoms with van der Waals surface area (Å²) in [7, 11) is -1.75. The molecule has 5 heteroatoms. The van der Waals surface area contributed by atoms with Gasteiger partial charge in [0.1, 0.15) is 31.8 Å². The number of fused-ring (bicyclic) bond motifs is 1. The van der Waals surface area contributed by atoms with Crippen LogP contribution in [0.25, 0.3) is 22.3 Å². The van der Waals surface area contributed by atoms with Crippen LogP contribution in [-0.4, -0.2) is 4.98 Å². The van der Waals surface area contributed by atoms with E-state index in [9.17, 15) is 0 Å². The van der Waals surface area contributed by atoms with Crippen molar-refractivity contribution in [1.29, 1.82) is 0 Å². The Kier molecular flexibility index (Phi) is 14.3. The summed E-state index contributed by atoms with van der Waals surface area (Å²) in [4.78, 5) is 8.80. The summed E-state index contributed by atoms with van der Waals surface area (Å²) in [6.07, 6.45) is 1.79. The standard InChI is InChI=1S/2C18H15P.C13H9N2.Cu/c2*1-4-10-16(11-5-1)19(17-12-6-2-7-13-17)18-14-8-3-9-15-18;1-2-6-11-10(5-1)9-13(15-11)12-7-3-4-8-14-12;/h2*1-15H;1-9H;/q;;-1;+1/p+2.